The molecule has 2 aromatic heterocycles. The first kappa shape index (κ1) is 12.5. The van der Waals surface area contributed by atoms with E-state index in [-0.39, 0.29) is 17.5 Å². The molecular weight excluding hydrogens is 250 g/mol. The van der Waals surface area contributed by atoms with Crippen LogP contribution in [0, 0.1) is 0 Å². The van der Waals surface area contributed by atoms with Gasteiger partial charge in [-0.25, -0.2) is 4.98 Å². The third-order valence-electron chi connectivity index (χ3n) is 2.50. The Hall–Kier alpha value is -1.95. The van der Waals surface area contributed by atoms with Crippen LogP contribution in [0.15, 0.2) is 34.7 Å². The first-order valence-corrected chi connectivity index (χ1v) is 6.47. The maximum Gasteiger partial charge on any atom is 0.252 e. The summed E-state index contributed by atoms with van der Waals surface area (Å²) in [6.45, 7) is 1.98. The third kappa shape index (κ3) is 2.84. The van der Waals surface area contributed by atoms with Gasteiger partial charge in [0.2, 0.25) is 5.56 Å². The van der Waals surface area contributed by atoms with Gasteiger partial charge in [0, 0.05) is 29.4 Å². The quantitative estimate of drug-likeness (QED) is 0.881. The molecule has 0 saturated heterocycles. The molecule has 0 radical (unpaired) electrons. The monoisotopic (exact) mass is 263 g/mol. The minimum absolute atomic E-state index is 0.114. The topological polar surface area (TPSA) is 74.8 Å². The predicted molar refractivity (Wildman–Crippen MR) is 69.7 cm³/mol. The lowest BCUT2D eigenvalue weighted by Crippen LogP contribution is -2.28. The summed E-state index contributed by atoms with van der Waals surface area (Å²) in [7, 11) is 0. The van der Waals surface area contributed by atoms with Crippen molar-refractivity contribution in [3.8, 4) is 0 Å². The maximum absolute atomic E-state index is 12.0. The zero-order valence-corrected chi connectivity index (χ0v) is 10.7. The van der Waals surface area contributed by atoms with Crippen LogP contribution in [0.25, 0.3) is 0 Å². The van der Waals surface area contributed by atoms with Crippen molar-refractivity contribution in [2.24, 2.45) is 0 Å². The maximum atomic E-state index is 12.0. The van der Waals surface area contributed by atoms with E-state index < -0.39 is 0 Å². The van der Waals surface area contributed by atoms with Gasteiger partial charge in [0.15, 0.2) is 0 Å². The number of carbonyl (C=O) groups excluding carboxylic acids is 1. The van der Waals surface area contributed by atoms with E-state index in [1.54, 1.807) is 12.3 Å². The number of pyridine rings is 1. The highest BCUT2D eigenvalue weighted by Gasteiger charge is 2.16. The summed E-state index contributed by atoms with van der Waals surface area (Å²) in [6.07, 6.45) is 3.92. The minimum Gasteiger partial charge on any atom is -0.343 e. The van der Waals surface area contributed by atoms with Crippen molar-refractivity contribution in [2.45, 2.75) is 19.4 Å². The smallest absolute Gasteiger partial charge is 0.252 e. The average Bonchev–Trinajstić information content (AvgIpc) is 2.89. The molecule has 18 heavy (non-hydrogen) atoms. The van der Waals surface area contributed by atoms with Gasteiger partial charge < -0.3 is 10.3 Å². The SMILES string of the molecule is CCC(NC(=O)c1cc[nH]c(=O)c1)c1nccs1. The molecule has 1 amide bonds. The van der Waals surface area contributed by atoms with E-state index in [1.165, 1.54) is 23.6 Å². The van der Waals surface area contributed by atoms with Crippen LogP contribution in [-0.4, -0.2) is 15.9 Å². The molecule has 0 bridgehead atoms. The first-order valence-electron chi connectivity index (χ1n) is 5.59. The lowest BCUT2D eigenvalue weighted by Gasteiger charge is -2.14. The number of amides is 1. The lowest BCUT2D eigenvalue weighted by molar-refractivity contribution is 0.0935. The third-order valence-corrected chi connectivity index (χ3v) is 3.39. The van der Waals surface area contributed by atoms with Gasteiger partial charge in [-0.15, -0.1) is 11.3 Å². The summed E-state index contributed by atoms with van der Waals surface area (Å²) in [4.78, 5) is 29.8. The molecule has 1 unspecified atom stereocenters. The Bertz CT molecular complexity index is 577. The van der Waals surface area contributed by atoms with E-state index in [4.69, 9.17) is 0 Å². The van der Waals surface area contributed by atoms with E-state index in [0.29, 0.717) is 5.56 Å². The van der Waals surface area contributed by atoms with Gasteiger partial charge >= 0.3 is 0 Å². The van der Waals surface area contributed by atoms with E-state index in [1.807, 2.05) is 12.3 Å². The van der Waals surface area contributed by atoms with Crippen molar-refractivity contribution in [3.05, 3.63) is 50.8 Å². The van der Waals surface area contributed by atoms with E-state index in [0.717, 1.165) is 11.4 Å². The Morgan fingerprint density at radius 2 is 2.44 bits per heavy atom. The van der Waals surface area contributed by atoms with E-state index >= 15 is 0 Å². The second-order valence-corrected chi connectivity index (χ2v) is 4.67. The number of aromatic amines is 1. The molecule has 0 aliphatic rings. The molecule has 0 aliphatic carbocycles. The molecule has 2 N–H and O–H groups in total. The van der Waals surface area contributed by atoms with Gasteiger partial charge in [0.25, 0.3) is 5.91 Å². The average molecular weight is 263 g/mol. The van der Waals surface area contributed by atoms with Gasteiger partial charge in [-0.3, -0.25) is 9.59 Å². The van der Waals surface area contributed by atoms with Crippen LogP contribution in [0.5, 0.6) is 0 Å². The Morgan fingerprint density at radius 1 is 1.61 bits per heavy atom. The van der Waals surface area contributed by atoms with Gasteiger partial charge in [0.1, 0.15) is 5.01 Å². The second-order valence-electron chi connectivity index (χ2n) is 3.75. The molecule has 6 heteroatoms. The highest BCUT2D eigenvalue weighted by atomic mass is 32.1. The molecule has 1 atom stereocenters. The van der Waals surface area contributed by atoms with Crippen molar-refractivity contribution < 1.29 is 4.79 Å². The van der Waals surface area contributed by atoms with Crippen molar-refractivity contribution in [3.63, 3.8) is 0 Å². The van der Waals surface area contributed by atoms with Gasteiger partial charge in [-0.1, -0.05) is 6.92 Å². The molecule has 0 aliphatic heterocycles. The number of rotatable bonds is 4. The Morgan fingerprint density at radius 3 is 3.06 bits per heavy atom. The number of H-pyrrole nitrogens is 1. The van der Waals surface area contributed by atoms with Crippen molar-refractivity contribution in [1.29, 1.82) is 0 Å². The molecule has 5 nitrogen and oxygen atoms in total. The molecule has 2 rings (SSSR count). The van der Waals surface area contributed by atoms with Crippen LogP contribution < -0.4 is 10.9 Å². The van der Waals surface area contributed by atoms with Crippen molar-refractivity contribution in [2.75, 3.05) is 0 Å². The van der Waals surface area contributed by atoms with E-state index in [2.05, 4.69) is 15.3 Å². The summed E-state index contributed by atoms with van der Waals surface area (Å²) in [5, 5.41) is 5.61. The zero-order valence-electron chi connectivity index (χ0n) is 9.84. The second kappa shape index (κ2) is 5.59. The number of carbonyl (C=O) groups is 1. The Balaban J connectivity index is 2.13. The molecular formula is C12H13N3O2S. The van der Waals surface area contributed by atoms with E-state index in [9.17, 15) is 9.59 Å². The molecule has 0 saturated carbocycles. The number of hydrogen-bond acceptors (Lipinski definition) is 4. The normalized spacial score (nSPS) is 12.1. The van der Waals surface area contributed by atoms with Gasteiger partial charge in [-0.2, -0.15) is 0 Å². The van der Waals surface area contributed by atoms with Crippen LogP contribution in [0.1, 0.15) is 34.8 Å². The first-order chi connectivity index (χ1) is 8.70. The number of nitrogens with zero attached hydrogens (tertiary/aromatic N) is 1. The molecule has 2 heterocycles. The van der Waals surface area contributed by atoms with Crippen LogP contribution >= 0.6 is 11.3 Å². The number of nitrogens with one attached hydrogen (secondary N) is 2. The summed E-state index contributed by atoms with van der Waals surface area (Å²) in [6, 6.07) is 2.74. The summed E-state index contributed by atoms with van der Waals surface area (Å²) >= 11 is 1.50. The standard InChI is InChI=1S/C12H13N3O2S/c1-2-9(12-14-5-6-18-12)15-11(17)8-3-4-13-10(16)7-8/h3-7,9H,2H2,1H3,(H,13,16)(H,15,17). The van der Waals surface area contributed by atoms with Gasteiger partial charge in [-0.05, 0) is 12.5 Å². The summed E-state index contributed by atoms with van der Waals surface area (Å²) in [5.74, 6) is -0.261. The van der Waals surface area contributed by atoms with Crippen molar-refractivity contribution in [1.82, 2.24) is 15.3 Å². The van der Waals surface area contributed by atoms with Gasteiger partial charge in [0.05, 0.1) is 6.04 Å². The zero-order chi connectivity index (χ0) is 13.0. The summed E-state index contributed by atoms with van der Waals surface area (Å²) < 4.78 is 0. The molecule has 2 aromatic rings. The number of hydrogen-bond donors (Lipinski definition) is 2. The molecule has 0 fully saturated rings. The lowest BCUT2D eigenvalue weighted by atomic mass is 10.2. The molecule has 94 valence electrons. The highest BCUT2D eigenvalue weighted by molar-refractivity contribution is 7.09. The Labute approximate surface area is 108 Å². The van der Waals surface area contributed by atoms with Crippen molar-refractivity contribution >= 4 is 17.2 Å². The predicted octanol–water partition coefficient (Wildman–Crippen LogP) is 1.71. The molecule has 0 spiro atoms. The number of aromatic nitrogens is 2. The van der Waals surface area contributed by atoms with Crippen LogP contribution in [0.2, 0.25) is 0 Å². The van der Waals surface area contributed by atoms with Crippen LogP contribution in [0.4, 0.5) is 0 Å². The Kier molecular flexibility index (Phi) is 3.88. The minimum atomic E-state index is -0.287. The number of thiazole rings is 1. The largest absolute Gasteiger partial charge is 0.343 e. The fourth-order valence-corrected chi connectivity index (χ4v) is 2.35. The fraction of sp³-hybridized carbons (Fsp3) is 0.250. The molecule has 0 aromatic carbocycles. The summed E-state index contributed by atoms with van der Waals surface area (Å²) in [5.41, 5.74) is 0.0682. The fourth-order valence-electron chi connectivity index (χ4n) is 1.57. The van der Waals surface area contributed by atoms with Crippen LogP contribution in [0.3, 0.4) is 0 Å². The highest BCUT2D eigenvalue weighted by Crippen LogP contribution is 2.19. The van der Waals surface area contributed by atoms with Crippen LogP contribution in [-0.2, 0) is 0 Å².